The van der Waals surface area contributed by atoms with E-state index in [0.29, 0.717) is 31.3 Å². The van der Waals surface area contributed by atoms with Crippen LogP contribution in [0.2, 0.25) is 0 Å². The van der Waals surface area contributed by atoms with Crippen molar-refractivity contribution < 1.29 is 43.1 Å². The summed E-state index contributed by atoms with van der Waals surface area (Å²) in [6.45, 7) is 11.8. The molecule has 0 aromatic carbocycles. The predicted molar refractivity (Wildman–Crippen MR) is 248 cm³/mol. The average molecular weight is 927 g/mol. The second-order valence-corrected chi connectivity index (χ2v) is 21.8. The summed E-state index contributed by atoms with van der Waals surface area (Å²) in [5, 5.41) is 13.0. The molecule has 2 aliphatic carbocycles. The Balaban J connectivity index is 2.32. The molecule has 0 radical (unpaired) electrons. The molecule has 2 aliphatic rings. The lowest BCUT2D eigenvalue weighted by Gasteiger charge is -2.41. The third kappa shape index (κ3) is 20.1. The van der Waals surface area contributed by atoms with Gasteiger partial charge in [0, 0.05) is 22.5 Å². The van der Waals surface area contributed by atoms with Gasteiger partial charge in [0.05, 0.1) is 37.7 Å². The zero-order valence-electron chi connectivity index (χ0n) is 38.8. The molecule has 0 bridgehead atoms. The second-order valence-electron chi connectivity index (χ2n) is 18.4. The van der Waals surface area contributed by atoms with Crippen LogP contribution in [0.25, 0.3) is 0 Å². The van der Waals surface area contributed by atoms with E-state index in [1.54, 1.807) is 27.7 Å². The van der Waals surface area contributed by atoms with Crippen molar-refractivity contribution in [3.8, 4) is 0 Å². The molecule has 0 saturated heterocycles. The lowest BCUT2D eigenvalue weighted by atomic mass is 9.69. The molecular formula is C44H78N8O9S2. The smallest absolute Gasteiger partial charge is 0.244 e. The highest BCUT2D eigenvalue weighted by molar-refractivity contribution is 8.77. The standard InChI is InChI=1S/C44H78N8O9S2/c1-8-16-35(55)48-25-36(56)49-26-37(57)52-39(44(6,7)63-62-43(4,5)38(46)41(59)50-31(27(3)53)24-34(45)54)42(60)51-32(40(47)58)23-28-19-20-33(61-21-9-2)30(22-28)29-17-14-12-10-11-13-15-18-29/h28-33,38-39H,8-26,46H2,1-7H3,(H2,45,54)(H2,47,58)(H,48,55)(H,49,56)(H,50,59)(H,51,60)(H,52,57)/t28?,30?,31-,32-,33?,38+,39+/m0/s1. The SMILES string of the molecule is CCCOC1CCC(C[C@H](NC(=O)[C@@H](NC(=O)CNC(=O)CNC(=O)CCC)C(C)(C)SSC(C)(C)[C@H](N)C(=O)N[C@@H](CC(N)=O)C(C)=O)C(N)=O)CC1C1CCCCCCCC1. The van der Waals surface area contributed by atoms with Crippen molar-refractivity contribution in [3.05, 3.63) is 0 Å². The number of primary amides is 2. The van der Waals surface area contributed by atoms with Crippen LogP contribution < -0.4 is 43.8 Å². The minimum atomic E-state index is -1.30. The fourth-order valence-electron chi connectivity index (χ4n) is 8.27. The van der Waals surface area contributed by atoms with Gasteiger partial charge in [-0.25, -0.2) is 0 Å². The van der Waals surface area contributed by atoms with Crippen molar-refractivity contribution in [1.29, 1.82) is 0 Å². The Morgan fingerprint density at radius 3 is 1.84 bits per heavy atom. The molecule has 11 N–H and O–H groups in total. The van der Waals surface area contributed by atoms with Gasteiger partial charge in [-0.3, -0.25) is 38.4 Å². The van der Waals surface area contributed by atoms with Crippen LogP contribution in [0.1, 0.15) is 151 Å². The van der Waals surface area contributed by atoms with E-state index in [0.717, 1.165) is 60.1 Å². The van der Waals surface area contributed by atoms with Crippen LogP contribution in [0.5, 0.6) is 0 Å². The number of ether oxygens (including phenoxy) is 1. The van der Waals surface area contributed by atoms with Gasteiger partial charge in [0.1, 0.15) is 12.1 Å². The van der Waals surface area contributed by atoms with E-state index in [4.69, 9.17) is 21.9 Å². The van der Waals surface area contributed by atoms with E-state index in [1.165, 1.54) is 45.4 Å². The summed E-state index contributed by atoms with van der Waals surface area (Å²) in [6, 6.07) is -4.69. The Bertz CT molecular complexity index is 1540. The summed E-state index contributed by atoms with van der Waals surface area (Å²) in [5.74, 6) is -3.97. The summed E-state index contributed by atoms with van der Waals surface area (Å²) in [5.41, 5.74) is 17.7. The van der Waals surface area contributed by atoms with E-state index in [-0.39, 0.29) is 30.9 Å². The lowest BCUT2D eigenvalue weighted by Crippen LogP contribution is -2.61. The van der Waals surface area contributed by atoms with E-state index >= 15 is 0 Å². The van der Waals surface area contributed by atoms with Crippen LogP contribution in [-0.2, 0) is 43.1 Å². The lowest BCUT2D eigenvalue weighted by molar-refractivity contribution is -0.132. The average Bonchev–Trinajstić information content (AvgIpc) is 3.36. The van der Waals surface area contributed by atoms with Gasteiger partial charge in [-0.1, -0.05) is 86.8 Å². The van der Waals surface area contributed by atoms with Gasteiger partial charge in [0.15, 0.2) is 5.78 Å². The van der Waals surface area contributed by atoms with Gasteiger partial charge in [0.2, 0.25) is 41.4 Å². The number of ketones is 1. The summed E-state index contributed by atoms with van der Waals surface area (Å²) in [6.07, 6.45) is 14.1. The van der Waals surface area contributed by atoms with Crippen molar-refractivity contribution in [1.82, 2.24) is 26.6 Å². The summed E-state index contributed by atoms with van der Waals surface area (Å²) >= 11 is 0. The van der Waals surface area contributed by atoms with E-state index in [9.17, 15) is 38.4 Å². The van der Waals surface area contributed by atoms with E-state index < -0.39 is 87.9 Å². The highest BCUT2D eigenvalue weighted by atomic mass is 33.1. The summed E-state index contributed by atoms with van der Waals surface area (Å²) in [7, 11) is 2.32. The Hall–Kier alpha value is -3.42. The maximum Gasteiger partial charge on any atom is 0.244 e. The van der Waals surface area contributed by atoms with Gasteiger partial charge in [-0.2, -0.15) is 0 Å². The number of Topliss-reactive ketones (excluding diaryl/α,β-unsaturated/α-hetero) is 1. The number of nitrogens with two attached hydrogens (primary N) is 3. The minimum absolute atomic E-state index is 0.0971. The number of hydrogen-bond acceptors (Lipinski definition) is 12. The molecular weight excluding hydrogens is 849 g/mol. The van der Waals surface area contributed by atoms with Gasteiger partial charge < -0.3 is 48.5 Å². The second kappa shape index (κ2) is 27.8. The largest absolute Gasteiger partial charge is 0.378 e. The Morgan fingerprint density at radius 2 is 1.27 bits per heavy atom. The van der Waals surface area contributed by atoms with Crippen LogP contribution in [-0.4, -0.2) is 107 Å². The van der Waals surface area contributed by atoms with E-state index in [2.05, 4.69) is 33.5 Å². The van der Waals surface area contributed by atoms with Crippen molar-refractivity contribution in [3.63, 3.8) is 0 Å². The Labute approximate surface area is 382 Å². The molecule has 7 atom stereocenters. The first-order chi connectivity index (χ1) is 29.6. The Morgan fingerprint density at radius 1 is 0.698 bits per heavy atom. The molecule has 19 heteroatoms. The number of nitrogens with one attached hydrogen (secondary N) is 5. The first-order valence-electron chi connectivity index (χ1n) is 22.9. The normalized spacial score (nSPS) is 20.9. The number of carbonyl (C=O) groups is 8. The first-order valence-corrected chi connectivity index (χ1v) is 25.0. The van der Waals surface area contributed by atoms with Crippen LogP contribution in [0.4, 0.5) is 0 Å². The number of amides is 7. The highest BCUT2D eigenvalue weighted by Crippen LogP contribution is 2.47. The third-order valence-electron chi connectivity index (χ3n) is 12.1. The van der Waals surface area contributed by atoms with Crippen molar-refractivity contribution >= 4 is 68.7 Å². The van der Waals surface area contributed by atoms with Crippen LogP contribution in [0, 0.1) is 17.8 Å². The molecule has 17 nitrogen and oxygen atoms in total. The van der Waals surface area contributed by atoms with E-state index in [1.807, 2.05) is 6.92 Å². The molecule has 0 spiro atoms. The molecule has 2 fully saturated rings. The summed E-state index contributed by atoms with van der Waals surface area (Å²) < 4.78 is 4.26. The maximum absolute atomic E-state index is 14.4. The molecule has 360 valence electrons. The maximum atomic E-state index is 14.4. The molecule has 2 saturated carbocycles. The number of carbonyl (C=O) groups excluding carboxylic acids is 8. The third-order valence-corrected chi connectivity index (χ3v) is 16.3. The van der Waals surface area contributed by atoms with Crippen molar-refractivity contribution in [2.24, 2.45) is 35.0 Å². The molecule has 63 heavy (non-hydrogen) atoms. The van der Waals surface area contributed by atoms with Gasteiger partial charge >= 0.3 is 0 Å². The van der Waals surface area contributed by atoms with Gasteiger partial charge in [-0.15, -0.1) is 0 Å². The molecule has 0 aromatic rings. The molecule has 2 rings (SSSR count). The summed E-state index contributed by atoms with van der Waals surface area (Å²) in [4.78, 5) is 102. The minimum Gasteiger partial charge on any atom is -0.378 e. The molecule has 0 heterocycles. The monoisotopic (exact) mass is 927 g/mol. The zero-order valence-corrected chi connectivity index (χ0v) is 40.4. The molecule has 3 unspecified atom stereocenters. The molecule has 0 aliphatic heterocycles. The molecule has 0 aromatic heterocycles. The quantitative estimate of drug-likeness (QED) is 0.0582. The van der Waals surface area contributed by atoms with Gasteiger partial charge in [0.25, 0.3) is 0 Å². The first kappa shape index (κ1) is 55.7. The number of rotatable bonds is 26. The van der Waals surface area contributed by atoms with Gasteiger partial charge in [-0.05, 0) is 90.9 Å². The fraction of sp³-hybridized carbons (Fsp3) is 0.818. The van der Waals surface area contributed by atoms with Crippen molar-refractivity contribution in [2.45, 2.75) is 191 Å². The number of hydrogen-bond donors (Lipinski definition) is 8. The van der Waals surface area contributed by atoms with Crippen LogP contribution >= 0.6 is 21.6 Å². The zero-order chi connectivity index (χ0) is 47.3. The fourth-order valence-corrected chi connectivity index (χ4v) is 11.1. The Kier molecular flexibility index (Phi) is 24.6. The predicted octanol–water partition coefficient (Wildman–Crippen LogP) is 3.04. The topological polar surface area (TPSA) is 284 Å². The van der Waals surface area contributed by atoms with Crippen LogP contribution in [0.3, 0.4) is 0 Å². The van der Waals surface area contributed by atoms with Crippen molar-refractivity contribution in [2.75, 3.05) is 19.7 Å². The highest BCUT2D eigenvalue weighted by Gasteiger charge is 2.44. The molecule has 7 amide bonds. The van der Waals surface area contributed by atoms with Crippen LogP contribution in [0.15, 0.2) is 0 Å².